The second-order valence-electron chi connectivity index (χ2n) is 8.99. The lowest BCUT2D eigenvalue weighted by molar-refractivity contribution is -0.132. The van der Waals surface area contributed by atoms with Crippen molar-refractivity contribution in [3.63, 3.8) is 0 Å². The zero-order valence-electron chi connectivity index (χ0n) is 21.2. The zero-order valence-corrected chi connectivity index (χ0v) is 22.0. The summed E-state index contributed by atoms with van der Waals surface area (Å²) in [5.74, 6) is -0.426. The molecule has 0 spiro atoms. The Balaban J connectivity index is 1.63. The zero-order chi connectivity index (χ0) is 26.6. The number of aliphatic hydroxyl groups excluding tert-OH is 1. The lowest BCUT2D eigenvalue weighted by Gasteiger charge is -2.23. The van der Waals surface area contributed by atoms with Gasteiger partial charge in [-0.2, -0.15) is 0 Å². The Labute approximate surface area is 225 Å². The number of fused-ring (bicyclic) bond motifs is 1. The number of benzene rings is 3. The SMILES string of the molecule is CCCCCOc1cccc(C2/C(=C(\O)c3ccccc3)C(=O)C(=O)N2c2nc3ccc(OC)cc3s2)c1. The Morgan fingerprint density at radius 2 is 1.82 bits per heavy atom. The molecule has 38 heavy (non-hydrogen) atoms. The van der Waals surface area contributed by atoms with Crippen LogP contribution in [0, 0.1) is 0 Å². The van der Waals surface area contributed by atoms with Crippen molar-refractivity contribution in [2.45, 2.75) is 32.2 Å². The van der Waals surface area contributed by atoms with E-state index in [4.69, 9.17) is 9.47 Å². The number of ether oxygens (including phenoxy) is 2. The fourth-order valence-corrected chi connectivity index (χ4v) is 5.56. The van der Waals surface area contributed by atoms with Crippen LogP contribution in [0.1, 0.15) is 43.4 Å². The van der Waals surface area contributed by atoms with Gasteiger partial charge in [0.15, 0.2) is 5.13 Å². The molecule has 1 aromatic heterocycles. The first-order valence-electron chi connectivity index (χ1n) is 12.6. The van der Waals surface area contributed by atoms with Crippen LogP contribution in [0.4, 0.5) is 5.13 Å². The van der Waals surface area contributed by atoms with Crippen LogP contribution in [0.2, 0.25) is 0 Å². The molecule has 8 heteroatoms. The summed E-state index contributed by atoms with van der Waals surface area (Å²) in [7, 11) is 1.59. The minimum atomic E-state index is -0.878. The van der Waals surface area contributed by atoms with E-state index in [0.29, 0.717) is 39.9 Å². The number of methoxy groups -OCH3 is 1. The topological polar surface area (TPSA) is 89.0 Å². The van der Waals surface area contributed by atoms with Crippen molar-refractivity contribution >= 4 is 44.1 Å². The lowest BCUT2D eigenvalue weighted by atomic mass is 9.95. The van der Waals surface area contributed by atoms with Crippen LogP contribution in [0.5, 0.6) is 11.5 Å². The maximum absolute atomic E-state index is 13.5. The molecule has 4 aromatic rings. The van der Waals surface area contributed by atoms with Crippen molar-refractivity contribution in [3.8, 4) is 11.5 Å². The van der Waals surface area contributed by atoms with Gasteiger partial charge >= 0.3 is 5.91 Å². The van der Waals surface area contributed by atoms with Crippen molar-refractivity contribution in [3.05, 3.63) is 89.5 Å². The van der Waals surface area contributed by atoms with Crippen molar-refractivity contribution in [1.82, 2.24) is 4.98 Å². The monoisotopic (exact) mass is 528 g/mol. The number of aliphatic hydroxyl groups is 1. The average Bonchev–Trinajstić information content (AvgIpc) is 3.48. The fourth-order valence-electron chi connectivity index (χ4n) is 4.54. The van der Waals surface area contributed by atoms with E-state index < -0.39 is 17.7 Å². The molecule has 1 atom stereocenters. The van der Waals surface area contributed by atoms with E-state index in [2.05, 4.69) is 11.9 Å². The van der Waals surface area contributed by atoms with E-state index in [9.17, 15) is 14.7 Å². The highest BCUT2D eigenvalue weighted by molar-refractivity contribution is 7.22. The van der Waals surface area contributed by atoms with Gasteiger partial charge < -0.3 is 14.6 Å². The third kappa shape index (κ3) is 4.87. The van der Waals surface area contributed by atoms with E-state index in [1.807, 2.05) is 42.5 Å². The molecule has 7 nitrogen and oxygen atoms in total. The van der Waals surface area contributed by atoms with E-state index >= 15 is 0 Å². The van der Waals surface area contributed by atoms with Crippen molar-refractivity contribution < 1.29 is 24.2 Å². The Kier molecular flexibility index (Phi) is 7.42. The summed E-state index contributed by atoms with van der Waals surface area (Å²) in [6, 6.07) is 20.7. The van der Waals surface area contributed by atoms with Crippen LogP contribution in [0.3, 0.4) is 0 Å². The number of nitrogens with zero attached hydrogens (tertiary/aromatic N) is 2. The number of hydrogen-bond donors (Lipinski definition) is 1. The summed E-state index contributed by atoms with van der Waals surface area (Å²) in [6.07, 6.45) is 3.09. The Bertz CT molecular complexity index is 1510. The molecule has 2 heterocycles. The lowest BCUT2D eigenvalue weighted by Crippen LogP contribution is -2.29. The smallest absolute Gasteiger partial charge is 0.301 e. The number of carbonyl (C=O) groups excluding carboxylic acids is 2. The number of aromatic nitrogens is 1. The Hall–Kier alpha value is -4.17. The number of ketones is 1. The molecule has 0 saturated carbocycles. The van der Waals surface area contributed by atoms with Crippen LogP contribution >= 0.6 is 11.3 Å². The number of carbonyl (C=O) groups is 2. The Morgan fingerprint density at radius 1 is 1.00 bits per heavy atom. The van der Waals surface area contributed by atoms with E-state index in [1.165, 1.54) is 16.2 Å². The quantitative estimate of drug-likeness (QED) is 0.115. The van der Waals surface area contributed by atoms with E-state index in [1.54, 1.807) is 37.4 Å². The van der Waals surface area contributed by atoms with Gasteiger partial charge in [-0.05, 0) is 42.3 Å². The maximum atomic E-state index is 13.5. The molecule has 194 valence electrons. The number of hydrogen-bond acceptors (Lipinski definition) is 7. The molecule has 5 rings (SSSR count). The summed E-state index contributed by atoms with van der Waals surface area (Å²) in [5, 5.41) is 11.7. The summed E-state index contributed by atoms with van der Waals surface area (Å²) < 4.78 is 12.1. The maximum Gasteiger partial charge on any atom is 0.301 e. The molecular weight excluding hydrogens is 500 g/mol. The van der Waals surface area contributed by atoms with Gasteiger partial charge in [-0.3, -0.25) is 14.5 Å². The van der Waals surface area contributed by atoms with Gasteiger partial charge in [0.05, 0.1) is 35.5 Å². The van der Waals surface area contributed by atoms with Crippen molar-refractivity contribution in [2.75, 3.05) is 18.6 Å². The second kappa shape index (κ2) is 11.1. The van der Waals surface area contributed by atoms with E-state index in [0.717, 1.165) is 24.0 Å². The van der Waals surface area contributed by atoms with E-state index in [-0.39, 0.29) is 11.3 Å². The molecule has 1 unspecified atom stereocenters. The van der Waals surface area contributed by atoms with Gasteiger partial charge in [0.25, 0.3) is 5.78 Å². The first kappa shape index (κ1) is 25.5. The summed E-state index contributed by atoms with van der Waals surface area (Å²) in [5.41, 5.74) is 1.80. The highest BCUT2D eigenvalue weighted by Gasteiger charge is 2.48. The van der Waals surface area contributed by atoms with Crippen molar-refractivity contribution in [2.24, 2.45) is 0 Å². The predicted octanol–water partition coefficient (Wildman–Crippen LogP) is 6.50. The van der Waals surface area contributed by atoms with Crippen LogP contribution in [-0.2, 0) is 9.59 Å². The summed E-state index contributed by atoms with van der Waals surface area (Å²) >= 11 is 1.29. The van der Waals surface area contributed by atoms with Gasteiger partial charge in [0, 0.05) is 5.56 Å². The molecule has 0 aliphatic carbocycles. The molecule has 0 bridgehead atoms. The summed E-state index contributed by atoms with van der Waals surface area (Å²) in [6.45, 7) is 2.70. The molecule has 1 fully saturated rings. The third-order valence-electron chi connectivity index (χ3n) is 6.47. The highest BCUT2D eigenvalue weighted by Crippen LogP contribution is 2.45. The van der Waals surface area contributed by atoms with Gasteiger partial charge in [0.1, 0.15) is 17.3 Å². The predicted molar refractivity (Wildman–Crippen MR) is 149 cm³/mol. The molecule has 1 aliphatic rings. The number of anilines is 1. The standard InChI is InChI=1S/C30H28N2O5S/c1-3-4-8-16-37-22-13-9-12-20(17-22)26-25(27(33)19-10-6-5-7-11-19)28(34)29(35)32(26)30-31-23-15-14-21(36-2)18-24(23)38-30/h5-7,9-15,17-18,26,33H,3-4,8,16H2,1-2H3/b27-25+. The molecule has 3 aromatic carbocycles. The molecule has 1 aliphatic heterocycles. The van der Waals surface area contributed by atoms with Crippen LogP contribution in [-0.4, -0.2) is 35.5 Å². The first-order valence-corrected chi connectivity index (χ1v) is 13.4. The molecule has 1 saturated heterocycles. The summed E-state index contributed by atoms with van der Waals surface area (Å²) in [4.78, 5) is 33.0. The number of amides is 1. The minimum absolute atomic E-state index is 0.0150. The first-order chi connectivity index (χ1) is 18.5. The number of rotatable bonds is 9. The number of unbranched alkanes of at least 4 members (excludes halogenated alkanes) is 2. The van der Waals surface area contributed by atoms with Crippen molar-refractivity contribution in [1.29, 1.82) is 0 Å². The van der Waals surface area contributed by atoms with Gasteiger partial charge in [-0.15, -0.1) is 0 Å². The van der Waals surface area contributed by atoms with Crippen LogP contribution < -0.4 is 14.4 Å². The molecule has 0 radical (unpaired) electrons. The van der Waals surface area contributed by atoms with Gasteiger partial charge in [-0.1, -0.05) is 73.6 Å². The third-order valence-corrected chi connectivity index (χ3v) is 7.49. The van der Waals surface area contributed by atoms with Gasteiger partial charge in [-0.25, -0.2) is 4.98 Å². The second-order valence-corrected chi connectivity index (χ2v) is 10.0. The molecular formula is C30H28N2O5S. The van der Waals surface area contributed by atoms with Gasteiger partial charge in [0.2, 0.25) is 0 Å². The number of thiazole rings is 1. The number of Topliss-reactive ketones (excluding diaryl/α,β-unsaturated/α-hetero) is 1. The van der Waals surface area contributed by atoms with Crippen LogP contribution in [0.25, 0.3) is 16.0 Å². The molecule has 1 N–H and O–H groups in total. The normalized spacial score (nSPS) is 16.8. The van der Waals surface area contributed by atoms with Crippen LogP contribution in [0.15, 0.2) is 78.4 Å². The fraction of sp³-hybridized carbons (Fsp3) is 0.233. The average molecular weight is 529 g/mol. The minimum Gasteiger partial charge on any atom is -0.507 e. The highest BCUT2D eigenvalue weighted by atomic mass is 32.1. The molecule has 1 amide bonds. The Morgan fingerprint density at radius 3 is 2.58 bits per heavy atom. The largest absolute Gasteiger partial charge is 0.507 e.